The van der Waals surface area contributed by atoms with E-state index in [4.69, 9.17) is 11.5 Å². The summed E-state index contributed by atoms with van der Waals surface area (Å²) in [5.41, 5.74) is 10.8. The second-order valence-electron chi connectivity index (χ2n) is 3.32. The molecule has 0 bridgehead atoms. The van der Waals surface area contributed by atoms with Gasteiger partial charge in [0.15, 0.2) is 0 Å². The van der Waals surface area contributed by atoms with Gasteiger partial charge in [0, 0.05) is 12.3 Å². The van der Waals surface area contributed by atoms with E-state index in [-0.39, 0.29) is 12.1 Å². The summed E-state index contributed by atoms with van der Waals surface area (Å²) in [5.74, 6) is 0.509. The molecule has 0 spiro atoms. The minimum atomic E-state index is -0.228. The van der Waals surface area contributed by atoms with Gasteiger partial charge < -0.3 is 11.5 Å². The Bertz CT molecular complexity index is 134. The van der Waals surface area contributed by atoms with Crippen LogP contribution in [0.25, 0.3) is 0 Å². The Morgan fingerprint density at radius 1 is 1.33 bits per heavy atom. The van der Waals surface area contributed by atoms with Crippen LogP contribution in [0.3, 0.4) is 0 Å². The molecule has 3 nitrogen and oxygen atoms in total. The summed E-state index contributed by atoms with van der Waals surface area (Å²) < 4.78 is 0. The standard InChI is InChI=1S/C9H20N2O/c1-3-8(12)7(2)5-4-6-9(10)11/h7,9H,3-6,10-11H2,1-2H3. The van der Waals surface area contributed by atoms with E-state index in [9.17, 15) is 4.79 Å². The number of hydrogen-bond donors (Lipinski definition) is 2. The molecule has 0 fully saturated rings. The fourth-order valence-electron chi connectivity index (χ4n) is 1.17. The molecule has 0 aromatic rings. The van der Waals surface area contributed by atoms with E-state index in [0.29, 0.717) is 12.2 Å². The normalized spacial score (nSPS) is 13.4. The highest BCUT2D eigenvalue weighted by Gasteiger charge is 2.09. The molecule has 1 unspecified atom stereocenters. The average molecular weight is 172 g/mol. The summed E-state index contributed by atoms with van der Waals surface area (Å²) in [6.07, 6.45) is 3.08. The van der Waals surface area contributed by atoms with Crippen molar-refractivity contribution in [3.05, 3.63) is 0 Å². The Morgan fingerprint density at radius 2 is 1.92 bits per heavy atom. The number of carbonyl (C=O) groups excluding carboxylic acids is 1. The monoisotopic (exact) mass is 172 g/mol. The molecule has 0 radical (unpaired) electrons. The number of hydrogen-bond acceptors (Lipinski definition) is 3. The Kier molecular flexibility index (Phi) is 5.93. The third kappa shape index (κ3) is 5.27. The van der Waals surface area contributed by atoms with Crippen molar-refractivity contribution in [1.29, 1.82) is 0 Å². The first-order valence-electron chi connectivity index (χ1n) is 4.61. The van der Waals surface area contributed by atoms with E-state index in [1.807, 2.05) is 13.8 Å². The van der Waals surface area contributed by atoms with Gasteiger partial charge in [-0.25, -0.2) is 0 Å². The third-order valence-electron chi connectivity index (χ3n) is 2.07. The highest BCUT2D eigenvalue weighted by molar-refractivity contribution is 5.80. The number of rotatable bonds is 6. The van der Waals surface area contributed by atoms with Gasteiger partial charge in [-0.3, -0.25) is 4.79 Å². The van der Waals surface area contributed by atoms with Crippen molar-refractivity contribution in [2.75, 3.05) is 0 Å². The van der Waals surface area contributed by atoms with Crippen LogP contribution in [0.4, 0.5) is 0 Å². The van der Waals surface area contributed by atoms with Crippen molar-refractivity contribution >= 4 is 5.78 Å². The maximum Gasteiger partial charge on any atom is 0.135 e. The van der Waals surface area contributed by atoms with Gasteiger partial charge in [-0.05, 0) is 19.3 Å². The predicted octanol–water partition coefficient (Wildman–Crippen LogP) is 1.02. The first-order chi connectivity index (χ1) is 5.57. The highest BCUT2D eigenvalue weighted by Crippen LogP contribution is 2.10. The van der Waals surface area contributed by atoms with E-state index < -0.39 is 0 Å². The highest BCUT2D eigenvalue weighted by atomic mass is 16.1. The Morgan fingerprint density at radius 3 is 2.33 bits per heavy atom. The summed E-state index contributed by atoms with van der Waals surface area (Å²) >= 11 is 0. The lowest BCUT2D eigenvalue weighted by Crippen LogP contribution is -2.30. The molecule has 0 aromatic heterocycles. The van der Waals surface area contributed by atoms with Crippen LogP contribution in [0.1, 0.15) is 39.5 Å². The van der Waals surface area contributed by atoms with Crippen LogP contribution in [0.5, 0.6) is 0 Å². The molecular formula is C9H20N2O. The van der Waals surface area contributed by atoms with Gasteiger partial charge in [-0.1, -0.05) is 13.8 Å². The van der Waals surface area contributed by atoms with Crippen molar-refractivity contribution in [2.24, 2.45) is 17.4 Å². The molecular weight excluding hydrogens is 152 g/mol. The quantitative estimate of drug-likeness (QED) is 0.588. The summed E-state index contributed by atoms with van der Waals surface area (Å²) in [6.45, 7) is 3.86. The van der Waals surface area contributed by atoms with Gasteiger partial charge in [0.05, 0.1) is 6.17 Å². The second kappa shape index (κ2) is 6.14. The fraction of sp³-hybridized carbons (Fsp3) is 0.889. The Labute approximate surface area is 74.5 Å². The van der Waals surface area contributed by atoms with Gasteiger partial charge in [0.1, 0.15) is 5.78 Å². The van der Waals surface area contributed by atoms with Crippen LogP contribution in [0.15, 0.2) is 0 Å². The minimum Gasteiger partial charge on any atom is -0.316 e. The number of ketones is 1. The predicted molar refractivity (Wildman–Crippen MR) is 50.5 cm³/mol. The molecule has 72 valence electrons. The maximum absolute atomic E-state index is 11.1. The zero-order valence-electron chi connectivity index (χ0n) is 8.05. The van der Waals surface area contributed by atoms with Crippen molar-refractivity contribution in [3.8, 4) is 0 Å². The van der Waals surface area contributed by atoms with E-state index in [1.54, 1.807) is 0 Å². The summed E-state index contributed by atoms with van der Waals surface area (Å²) in [7, 11) is 0. The SMILES string of the molecule is CCC(=O)C(C)CCCC(N)N. The van der Waals surface area contributed by atoms with Crippen LogP contribution in [-0.4, -0.2) is 11.9 Å². The minimum absolute atomic E-state index is 0.175. The average Bonchev–Trinajstić information content (AvgIpc) is 2.02. The zero-order valence-corrected chi connectivity index (χ0v) is 8.05. The summed E-state index contributed by atoms with van der Waals surface area (Å²) in [4.78, 5) is 11.1. The Balaban J connectivity index is 3.43. The molecule has 1 atom stereocenters. The number of nitrogens with two attached hydrogens (primary N) is 2. The molecule has 0 heterocycles. The van der Waals surface area contributed by atoms with E-state index in [2.05, 4.69) is 0 Å². The van der Waals surface area contributed by atoms with Crippen LogP contribution < -0.4 is 11.5 Å². The molecule has 12 heavy (non-hydrogen) atoms. The van der Waals surface area contributed by atoms with Gasteiger partial charge in [-0.15, -0.1) is 0 Å². The van der Waals surface area contributed by atoms with Crippen LogP contribution in [-0.2, 0) is 4.79 Å². The topological polar surface area (TPSA) is 69.1 Å². The first-order valence-corrected chi connectivity index (χ1v) is 4.61. The molecule has 0 aromatic carbocycles. The number of carbonyl (C=O) groups is 1. The van der Waals surface area contributed by atoms with E-state index in [0.717, 1.165) is 19.3 Å². The summed E-state index contributed by atoms with van der Waals surface area (Å²) in [6, 6.07) is 0. The van der Waals surface area contributed by atoms with Crippen molar-refractivity contribution < 1.29 is 4.79 Å². The lowest BCUT2D eigenvalue weighted by Gasteiger charge is -2.09. The van der Waals surface area contributed by atoms with Crippen molar-refractivity contribution in [3.63, 3.8) is 0 Å². The first kappa shape index (κ1) is 11.6. The maximum atomic E-state index is 11.1. The molecule has 0 amide bonds. The van der Waals surface area contributed by atoms with Crippen LogP contribution in [0.2, 0.25) is 0 Å². The molecule has 4 N–H and O–H groups in total. The largest absolute Gasteiger partial charge is 0.316 e. The van der Waals surface area contributed by atoms with Gasteiger partial charge in [-0.2, -0.15) is 0 Å². The van der Waals surface area contributed by atoms with E-state index >= 15 is 0 Å². The molecule has 0 saturated heterocycles. The van der Waals surface area contributed by atoms with E-state index in [1.165, 1.54) is 0 Å². The number of Topliss-reactive ketones (excluding diaryl/α,β-unsaturated/α-hetero) is 1. The smallest absolute Gasteiger partial charge is 0.135 e. The molecule has 0 rings (SSSR count). The lowest BCUT2D eigenvalue weighted by atomic mass is 9.97. The second-order valence-corrected chi connectivity index (χ2v) is 3.32. The molecule has 0 aliphatic carbocycles. The zero-order chi connectivity index (χ0) is 9.56. The van der Waals surface area contributed by atoms with Gasteiger partial charge in [0.2, 0.25) is 0 Å². The molecule has 0 saturated carbocycles. The lowest BCUT2D eigenvalue weighted by molar-refractivity contribution is -0.122. The summed E-state index contributed by atoms with van der Waals surface area (Å²) in [5, 5.41) is 0. The van der Waals surface area contributed by atoms with Crippen molar-refractivity contribution in [2.45, 2.75) is 45.7 Å². The molecule has 0 aliphatic heterocycles. The van der Waals surface area contributed by atoms with Gasteiger partial charge >= 0.3 is 0 Å². The third-order valence-corrected chi connectivity index (χ3v) is 2.07. The van der Waals surface area contributed by atoms with Crippen molar-refractivity contribution in [1.82, 2.24) is 0 Å². The van der Waals surface area contributed by atoms with Crippen LogP contribution in [0, 0.1) is 5.92 Å². The van der Waals surface area contributed by atoms with Gasteiger partial charge in [0.25, 0.3) is 0 Å². The fourth-order valence-corrected chi connectivity index (χ4v) is 1.17. The molecule has 0 aliphatic rings. The molecule has 3 heteroatoms. The Hall–Kier alpha value is -0.410. The van der Waals surface area contributed by atoms with Crippen LogP contribution >= 0.6 is 0 Å².